The summed E-state index contributed by atoms with van der Waals surface area (Å²) in [4.78, 5) is 0. The van der Waals surface area contributed by atoms with Crippen molar-refractivity contribution >= 4 is 0 Å². The van der Waals surface area contributed by atoms with Crippen molar-refractivity contribution in [2.45, 2.75) is 56.1 Å². The molecule has 7 heteroatoms. The summed E-state index contributed by atoms with van der Waals surface area (Å²) < 4.78 is 11.1. The van der Waals surface area contributed by atoms with Crippen LogP contribution in [0.25, 0.3) is 0 Å². The third-order valence-corrected chi connectivity index (χ3v) is 4.20. The SMILES string of the molecule is C=CCc1ccc(OC2OC(C(O)CCCO)C(O)C(O)C2O)cc1. The van der Waals surface area contributed by atoms with Gasteiger partial charge in [-0.15, -0.1) is 6.58 Å². The van der Waals surface area contributed by atoms with Gasteiger partial charge in [0.25, 0.3) is 0 Å². The predicted octanol–water partition coefficient (Wildman–Crippen LogP) is -0.265. The fourth-order valence-electron chi connectivity index (χ4n) is 2.76. The second-order valence-electron chi connectivity index (χ2n) is 6.13. The number of rotatable bonds is 8. The predicted molar refractivity (Wildman–Crippen MR) is 90.0 cm³/mol. The standard InChI is InChI=1S/C18H26O7/c1-2-4-11-6-8-12(9-7-11)24-18-16(23)14(21)15(22)17(25-18)13(20)5-3-10-19/h2,6-9,13-23H,1,3-5,10H2. The number of aliphatic hydroxyl groups is 5. The van der Waals surface area contributed by atoms with Crippen LogP contribution in [0.15, 0.2) is 36.9 Å². The van der Waals surface area contributed by atoms with Crippen molar-refractivity contribution in [1.82, 2.24) is 0 Å². The molecule has 0 saturated carbocycles. The molecule has 1 aromatic carbocycles. The van der Waals surface area contributed by atoms with Crippen LogP contribution in [0.1, 0.15) is 18.4 Å². The van der Waals surface area contributed by atoms with Crippen molar-refractivity contribution in [3.63, 3.8) is 0 Å². The Bertz CT molecular complexity index is 533. The summed E-state index contributed by atoms with van der Waals surface area (Å²) in [6.07, 6.45) is -4.92. The molecule has 1 fully saturated rings. The van der Waals surface area contributed by atoms with Crippen LogP contribution in [-0.4, -0.2) is 68.9 Å². The van der Waals surface area contributed by atoms with Crippen LogP contribution in [-0.2, 0) is 11.2 Å². The van der Waals surface area contributed by atoms with E-state index in [0.29, 0.717) is 18.6 Å². The molecule has 1 aliphatic heterocycles. The van der Waals surface area contributed by atoms with Crippen molar-refractivity contribution in [2.24, 2.45) is 0 Å². The van der Waals surface area contributed by atoms with Gasteiger partial charge in [-0.3, -0.25) is 0 Å². The maximum atomic E-state index is 10.1. The number of benzene rings is 1. The summed E-state index contributed by atoms with van der Waals surface area (Å²) >= 11 is 0. The van der Waals surface area contributed by atoms with E-state index in [0.717, 1.165) is 5.56 Å². The molecule has 0 radical (unpaired) electrons. The van der Waals surface area contributed by atoms with Gasteiger partial charge in [0.2, 0.25) is 6.29 Å². The van der Waals surface area contributed by atoms with Crippen LogP contribution in [0.3, 0.4) is 0 Å². The lowest BCUT2D eigenvalue weighted by molar-refractivity contribution is -0.288. The van der Waals surface area contributed by atoms with Gasteiger partial charge in [-0.2, -0.15) is 0 Å². The maximum Gasteiger partial charge on any atom is 0.229 e. The maximum absolute atomic E-state index is 10.1. The topological polar surface area (TPSA) is 120 Å². The van der Waals surface area contributed by atoms with Gasteiger partial charge in [-0.1, -0.05) is 18.2 Å². The van der Waals surface area contributed by atoms with Gasteiger partial charge in [-0.05, 0) is 37.0 Å². The van der Waals surface area contributed by atoms with E-state index in [2.05, 4.69) is 6.58 Å². The van der Waals surface area contributed by atoms with Crippen molar-refractivity contribution in [3.8, 4) is 5.75 Å². The van der Waals surface area contributed by atoms with Crippen molar-refractivity contribution in [1.29, 1.82) is 0 Å². The lowest BCUT2D eigenvalue weighted by atomic mass is 9.93. The van der Waals surface area contributed by atoms with Crippen LogP contribution >= 0.6 is 0 Å². The van der Waals surface area contributed by atoms with Crippen molar-refractivity contribution in [2.75, 3.05) is 6.61 Å². The molecule has 0 amide bonds. The molecule has 1 saturated heterocycles. The molecule has 6 atom stereocenters. The van der Waals surface area contributed by atoms with Gasteiger partial charge in [0.15, 0.2) is 0 Å². The summed E-state index contributed by atoms with van der Waals surface area (Å²) in [5, 5.41) is 49.1. The summed E-state index contributed by atoms with van der Waals surface area (Å²) in [6.45, 7) is 3.56. The van der Waals surface area contributed by atoms with E-state index in [1.54, 1.807) is 18.2 Å². The number of aliphatic hydroxyl groups excluding tert-OH is 5. The fraction of sp³-hybridized carbons (Fsp3) is 0.556. The highest BCUT2D eigenvalue weighted by molar-refractivity contribution is 5.28. The molecule has 1 aromatic rings. The van der Waals surface area contributed by atoms with Gasteiger partial charge < -0.3 is 35.0 Å². The zero-order valence-electron chi connectivity index (χ0n) is 13.9. The van der Waals surface area contributed by atoms with Gasteiger partial charge in [0.05, 0.1) is 6.10 Å². The molecule has 2 rings (SSSR count). The number of allylic oxidation sites excluding steroid dienone is 1. The Morgan fingerprint density at radius 2 is 1.80 bits per heavy atom. The molecular formula is C18H26O7. The number of hydrogen-bond acceptors (Lipinski definition) is 7. The van der Waals surface area contributed by atoms with E-state index in [-0.39, 0.29) is 13.0 Å². The summed E-state index contributed by atoms with van der Waals surface area (Å²) in [5.41, 5.74) is 1.04. The smallest absolute Gasteiger partial charge is 0.229 e. The Labute approximate surface area is 146 Å². The first kappa shape index (κ1) is 19.8. The number of ether oxygens (including phenoxy) is 2. The molecule has 140 valence electrons. The first-order valence-electron chi connectivity index (χ1n) is 8.33. The normalized spacial score (nSPS) is 30.7. The van der Waals surface area contributed by atoms with Crippen LogP contribution in [0.5, 0.6) is 5.75 Å². The van der Waals surface area contributed by atoms with Gasteiger partial charge >= 0.3 is 0 Å². The van der Waals surface area contributed by atoms with E-state index in [1.807, 2.05) is 12.1 Å². The minimum Gasteiger partial charge on any atom is -0.462 e. The Hall–Kier alpha value is -1.48. The van der Waals surface area contributed by atoms with Gasteiger partial charge in [0, 0.05) is 6.61 Å². The minimum absolute atomic E-state index is 0.109. The Morgan fingerprint density at radius 1 is 1.12 bits per heavy atom. The second kappa shape index (κ2) is 9.28. The van der Waals surface area contributed by atoms with E-state index in [4.69, 9.17) is 14.6 Å². The highest BCUT2D eigenvalue weighted by Gasteiger charge is 2.47. The molecule has 25 heavy (non-hydrogen) atoms. The van der Waals surface area contributed by atoms with E-state index in [1.165, 1.54) is 0 Å². The molecule has 1 heterocycles. The molecule has 7 nitrogen and oxygen atoms in total. The third kappa shape index (κ3) is 5.01. The molecule has 0 aromatic heterocycles. The monoisotopic (exact) mass is 354 g/mol. The van der Waals surface area contributed by atoms with E-state index >= 15 is 0 Å². The zero-order chi connectivity index (χ0) is 18.4. The summed E-state index contributed by atoms with van der Waals surface area (Å²) in [6, 6.07) is 7.07. The Morgan fingerprint density at radius 3 is 2.40 bits per heavy atom. The summed E-state index contributed by atoms with van der Waals surface area (Å²) in [5.74, 6) is 0.420. The average molecular weight is 354 g/mol. The number of hydrogen-bond donors (Lipinski definition) is 5. The lowest BCUT2D eigenvalue weighted by Gasteiger charge is -2.41. The molecule has 0 spiro atoms. The fourth-order valence-corrected chi connectivity index (χ4v) is 2.76. The van der Waals surface area contributed by atoms with Crippen molar-refractivity contribution in [3.05, 3.63) is 42.5 Å². The Balaban J connectivity index is 2.06. The van der Waals surface area contributed by atoms with Crippen LogP contribution in [0.4, 0.5) is 0 Å². The zero-order valence-corrected chi connectivity index (χ0v) is 13.9. The minimum atomic E-state index is -1.52. The molecule has 0 aliphatic carbocycles. The summed E-state index contributed by atoms with van der Waals surface area (Å²) in [7, 11) is 0. The third-order valence-electron chi connectivity index (χ3n) is 4.20. The molecular weight excluding hydrogens is 328 g/mol. The molecule has 6 unspecified atom stereocenters. The quantitative estimate of drug-likeness (QED) is 0.408. The van der Waals surface area contributed by atoms with E-state index in [9.17, 15) is 20.4 Å². The first-order valence-corrected chi connectivity index (χ1v) is 8.33. The van der Waals surface area contributed by atoms with E-state index < -0.39 is 36.8 Å². The van der Waals surface area contributed by atoms with Crippen LogP contribution in [0.2, 0.25) is 0 Å². The highest BCUT2D eigenvalue weighted by atomic mass is 16.7. The second-order valence-corrected chi connectivity index (χ2v) is 6.13. The van der Waals surface area contributed by atoms with Gasteiger partial charge in [0.1, 0.15) is 30.2 Å². The largest absolute Gasteiger partial charge is 0.462 e. The van der Waals surface area contributed by atoms with Gasteiger partial charge in [-0.25, -0.2) is 0 Å². The van der Waals surface area contributed by atoms with Crippen LogP contribution in [0, 0.1) is 0 Å². The highest BCUT2D eigenvalue weighted by Crippen LogP contribution is 2.27. The lowest BCUT2D eigenvalue weighted by Crippen LogP contribution is -2.62. The van der Waals surface area contributed by atoms with Crippen molar-refractivity contribution < 1.29 is 35.0 Å². The molecule has 5 N–H and O–H groups in total. The van der Waals surface area contributed by atoms with Crippen LogP contribution < -0.4 is 4.74 Å². The average Bonchev–Trinajstić information content (AvgIpc) is 2.62. The Kier molecular flexibility index (Phi) is 7.37. The molecule has 0 bridgehead atoms. The first-order chi connectivity index (χ1) is 12.0. The molecule has 1 aliphatic rings.